The second-order valence-electron chi connectivity index (χ2n) is 19.6. The molecule has 0 unspecified atom stereocenters. The molecule has 11 heteroatoms. The summed E-state index contributed by atoms with van der Waals surface area (Å²) in [5.74, 6) is -0.0439. The molecule has 0 fully saturated rings. The van der Waals surface area contributed by atoms with Crippen molar-refractivity contribution in [2.75, 3.05) is 52.5 Å². The van der Waals surface area contributed by atoms with E-state index in [1.807, 2.05) is 0 Å². The summed E-state index contributed by atoms with van der Waals surface area (Å²) in [6, 6.07) is 0. The molecule has 2 aliphatic rings. The van der Waals surface area contributed by atoms with Gasteiger partial charge in [-0.2, -0.15) is 0 Å². The van der Waals surface area contributed by atoms with Crippen LogP contribution in [0, 0.1) is 17.8 Å². The van der Waals surface area contributed by atoms with Gasteiger partial charge in [-0.1, -0.05) is 90.3 Å². The average molecular weight is 938 g/mol. The lowest BCUT2D eigenvalue weighted by atomic mass is 9.83. The number of nitrogens with zero attached hydrogens (tertiary/aromatic N) is 2. The Morgan fingerprint density at radius 3 is 1.61 bits per heavy atom. The minimum atomic E-state index is -1.32. The van der Waals surface area contributed by atoms with E-state index in [1.54, 1.807) is 4.90 Å². The predicted molar refractivity (Wildman–Crippen MR) is 272 cm³/mol. The van der Waals surface area contributed by atoms with Gasteiger partial charge < -0.3 is 29.3 Å². The second-order valence-corrected chi connectivity index (χ2v) is 19.6. The van der Waals surface area contributed by atoms with E-state index in [1.165, 1.54) is 11.1 Å². The molecule has 0 radical (unpaired) electrons. The van der Waals surface area contributed by atoms with Gasteiger partial charge in [0.1, 0.15) is 18.8 Å². The highest BCUT2D eigenvalue weighted by molar-refractivity contribution is 5.91. The molecule has 2 aliphatic carbocycles. The predicted octanol–water partition coefficient (Wildman–Crippen LogP) is 11.9. The molecule has 0 spiro atoms. The van der Waals surface area contributed by atoms with E-state index in [2.05, 4.69) is 84.0 Å². The molecule has 67 heavy (non-hydrogen) atoms. The van der Waals surface area contributed by atoms with Gasteiger partial charge in [0.05, 0.1) is 6.61 Å². The second kappa shape index (κ2) is 34.5. The molecular weight excluding hydrogens is 843 g/mol. The van der Waals surface area contributed by atoms with Crippen LogP contribution >= 0.6 is 0 Å². The Kier molecular flexibility index (Phi) is 30.6. The van der Waals surface area contributed by atoms with Crippen LogP contribution in [0.1, 0.15) is 203 Å². The number of allylic oxidation sites excluding steroid dienone is 4. The van der Waals surface area contributed by atoms with Crippen LogP contribution in [0.5, 0.6) is 0 Å². The van der Waals surface area contributed by atoms with Crippen LogP contribution in [0.3, 0.4) is 0 Å². The first-order valence-electron chi connectivity index (χ1n) is 26.7. The highest BCUT2D eigenvalue weighted by Crippen LogP contribution is 2.33. The fourth-order valence-electron chi connectivity index (χ4n) is 9.58. The normalized spacial score (nSPS) is 16.3. The number of ether oxygens (including phenoxy) is 3. The summed E-state index contributed by atoms with van der Waals surface area (Å²) in [6.45, 7) is 27.5. The zero-order valence-electron chi connectivity index (χ0n) is 43.6. The van der Waals surface area contributed by atoms with Gasteiger partial charge in [-0.3, -0.25) is 24.0 Å². The molecular formula is C56H95N3O8. The van der Waals surface area contributed by atoms with E-state index in [-0.39, 0.29) is 81.5 Å². The lowest BCUT2D eigenvalue weighted by molar-refractivity contribution is -0.151. The Morgan fingerprint density at radius 2 is 1.15 bits per heavy atom. The summed E-state index contributed by atoms with van der Waals surface area (Å²) in [4.78, 5) is 73.3. The van der Waals surface area contributed by atoms with Gasteiger partial charge in [0.25, 0.3) is 0 Å². The first-order chi connectivity index (χ1) is 32.2. The highest BCUT2D eigenvalue weighted by atomic mass is 16.5. The SMILES string of the molecule is C=C(C)[C@@H]1CC=C(COC(=O)CCCC(CCCC(=O)OCC2=CC[C@@H](C(=C)C)CC2)(C(=O)NCCCC)N(CCCCN(CC)CC)C(=O)CCCCC(=O)OCC(CCC)CCC)CC1. The molecule has 0 bridgehead atoms. The van der Waals surface area contributed by atoms with E-state index in [0.717, 1.165) is 114 Å². The minimum Gasteiger partial charge on any atom is -0.465 e. The van der Waals surface area contributed by atoms with Crippen molar-refractivity contribution in [3.63, 3.8) is 0 Å². The van der Waals surface area contributed by atoms with E-state index in [0.29, 0.717) is 69.6 Å². The molecule has 0 aromatic rings. The van der Waals surface area contributed by atoms with Crippen LogP contribution in [0.15, 0.2) is 47.6 Å². The number of carbonyl (C=O) groups excluding carboxylic acids is 5. The Hall–Kier alpha value is -3.73. The number of hydrogen-bond donors (Lipinski definition) is 1. The first-order valence-corrected chi connectivity index (χ1v) is 26.7. The van der Waals surface area contributed by atoms with Gasteiger partial charge in [0.15, 0.2) is 0 Å². The third kappa shape index (κ3) is 23.4. The van der Waals surface area contributed by atoms with Gasteiger partial charge in [0.2, 0.25) is 11.8 Å². The number of rotatable bonds is 37. The molecule has 0 saturated carbocycles. The smallest absolute Gasteiger partial charge is 0.306 e. The maximum Gasteiger partial charge on any atom is 0.306 e. The van der Waals surface area contributed by atoms with E-state index < -0.39 is 5.54 Å². The average Bonchev–Trinajstić information content (AvgIpc) is 3.32. The molecule has 0 heterocycles. The zero-order valence-corrected chi connectivity index (χ0v) is 43.6. The fraction of sp³-hybridized carbons (Fsp3) is 0.768. The number of hydrogen-bond acceptors (Lipinski definition) is 9. The van der Waals surface area contributed by atoms with Crippen LogP contribution in [0.2, 0.25) is 0 Å². The molecule has 11 nitrogen and oxygen atoms in total. The summed E-state index contributed by atoms with van der Waals surface area (Å²) < 4.78 is 17.2. The van der Waals surface area contributed by atoms with E-state index in [4.69, 9.17) is 14.2 Å². The number of nitrogens with one attached hydrogen (secondary N) is 1. The Bertz CT molecular complexity index is 1510. The largest absolute Gasteiger partial charge is 0.465 e. The molecule has 382 valence electrons. The van der Waals surface area contributed by atoms with Crippen molar-refractivity contribution in [1.82, 2.24) is 15.1 Å². The number of carbonyl (C=O) groups is 5. The molecule has 0 saturated heterocycles. The van der Waals surface area contributed by atoms with Gasteiger partial charge in [0, 0.05) is 38.8 Å². The standard InChI is InChI=1S/C56H95N3O8/c1-10-15-38-57-55(64)56(36-20-26-53(62)66-42-47-28-32-49(33-29-47)44(6)7,37-21-27-54(63)67-43-48-30-34-50(35-31-48)45(8)9)59(40-19-18-39-58(13-4)14-5)51(60)24-16-17-25-52(61)65-41-46(22-11-2)23-12-3/h28,30,46,49-50H,6,8,10-27,29,31-43H2,1-5,7,9H3,(H,57,64)/t49-,50-/m1/s1. The van der Waals surface area contributed by atoms with Crippen molar-refractivity contribution in [1.29, 1.82) is 0 Å². The zero-order chi connectivity index (χ0) is 49.5. The van der Waals surface area contributed by atoms with E-state index in [9.17, 15) is 24.0 Å². The molecule has 0 aromatic carbocycles. The summed E-state index contributed by atoms with van der Waals surface area (Å²) in [5, 5.41) is 3.18. The van der Waals surface area contributed by atoms with E-state index >= 15 is 0 Å². The Labute approximate surface area is 407 Å². The topological polar surface area (TPSA) is 132 Å². The molecule has 0 aromatic heterocycles. The lowest BCUT2D eigenvalue weighted by Gasteiger charge is -2.43. The minimum absolute atomic E-state index is 0.0958. The summed E-state index contributed by atoms with van der Waals surface area (Å²) >= 11 is 0. The van der Waals surface area contributed by atoms with Crippen molar-refractivity contribution in [2.45, 2.75) is 208 Å². The highest BCUT2D eigenvalue weighted by Gasteiger charge is 2.45. The molecule has 2 rings (SSSR count). The first kappa shape index (κ1) is 59.4. The number of amides is 2. The van der Waals surface area contributed by atoms with Crippen LogP contribution in [-0.2, 0) is 38.2 Å². The third-order valence-electron chi connectivity index (χ3n) is 14.1. The quantitative estimate of drug-likeness (QED) is 0.0280. The number of unbranched alkanes of at least 4 members (excludes halogenated alkanes) is 3. The van der Waals surface area contributed by atoms with Gasteiger partial charge in [-0.15, -0.1) is 0 Å². The van der Waals surface area contributed by atoms with Crippen LogP contribution in [-0.4, -0.2) is 97.6 Å². The van der Waals surface area contributed by atoms with Crippen LogP contribution < -0.4 is 5.32 Å². The summed E-state index contributed by atoms with van der Waals surface area (Å²) in [6.07, 6.45) is 19.9. The lowest BCUT2D eigenvalue weighted by Crippen LogP contribution is -2.61. The van der Waals surface area contributed by atoms with Crippen molar-refractivity contribution in [2.24, 2.45) is 17.8 Å². The monoisotopic (exact) mass is 938 g/mol. The fourth-order valence-corrected chi connectivity index (χ4v) is 9.58. The van der Waals surface area contributed by atoms with Gasteiger partial charge in [-0.25, -0.2) is 0 Å². The molecule has 1 N–H and O–H groups in total. The molecule has 2 amide bonds. The molecule has 2 atom stereocenters. The maximum atomic E-state index is 14.9. The van der Waals surface area contributed by atoms with Crippen molar-refractivity contribution < 1.29 is 38.2 Å². The van der Waals surface area contributed by atoms with Gasteiger partial charge >= 0.3 is 17.9 Å². The van der Waals surface area contributed by atoms with Crippen LogP contribution in [0.4, 0.5) is 0 Å². The maximum absolute atomic E-state index is 14.9. The van der Waals surface area contributed by atoms with Gasteiger partial charge in [-0.05, 0) is 172 Å². The number of esters is 3. The van der Waals surface area contributed by atoms with Crippen molar-refractivity contribution in [3.8, 4) is 0 Å². The third-order valence-corrected chi connectivity index (χ3v) is 14.1. The Morgan fingerprint density at radius 1 is 0.657 bits per heavy atom. The van der Waals surface area contributed by atoms with Crippen molar-refractivity contribution >= 4 is 29.7 Å². The summed E-state index contributed by atoms with van der Waals surface area (Å²) in [7, 11) is 0. The molecule has 0 aliphatic heterocycles. The van der Waals surface area contributed by atoms with Crippen LogP contribution in [0.25, 0.3) is 0 Å². The summed E-state index contributed by atoms with van der Waals surface area (Å²) in [5.41, 5.74) is 3.27. The Balaban J connectivity index is 2.37. The van der Waals surface area contributed by atoms with Crippen molar-refractivity contribution in [3.05, 3.63) is 47.6 Å².